The van der Waals surface area contributed by atoms with E-state index >= 15 is 0 Å². The number of benzene rings is 1. The molecule has 4 rings (SSSR count). The molecule has 3 amide bonds. The Morgan fingerprint density at radius 2 is 1.67 bits per heavy atom. The van der Waals surface area contributed by atoms with E-state index in [0.29, 0.717) is 56.0 Å². The summed E-state index contributed by atoms with van der Waals surface area (Å²) in [6.45, 7) is 8.13. The Morgan fingerprint density at radius 3 is 2.33 bits per heavy atom. The molecule has 2 saturated heterocycles. The third-order valence-corrected chi connectivity index (χ3v) is 6.74. The van der Waals surface area contributed by atoms with E-state index in [1.807, 2.05) is 0 Å². The summed E-state index contributed by atoms with van der Waals surface area (Å²) in [4.78, 5) is 59.0. The number of nitrogens with one attached hydrogen (secondary N) is 2. The zero-order chi connectivity index (χ0) is 23.5. The van der Waals surface area contributed by atoms with Crippen molar-refractivity contribution in [3.8, 4) is 0 Å². The number of para-hydroxylation sites is 1. The van der Waals surface area contributed by atoms with Crippen LogP contribution in [-0.2, 0) is 4.79 Å². The number of hydrogen-bond acceptors (Lipinski definition) is 5. The van der Waals surface area contributed by atoms with Gasteiger partial charge in [-0.25, -0.2) is 9.59 Å². The topological polar surface area (TPSA) is 111 Å². The quantitative estimate of drug-likeness (QED) is 0.700. The fraction of sp³-hybridized carbons (Fsp3) is 0.565. The van der Waals surface area contributed by atoms with Crippen molar-refractivity contribution in [2.75, 3.05) is 45.8 Å². The van der Waals surface area contributed by atoms with Crippen LogP contribution in [0.15, 0.2) is 33.9 Å². The van der Waals surface area contributed by atoms with Gasteiger partial charge < -0.3 is 20.1 Å². The molecule has 3 heterocycles. The van der Waals surface area contributed by atoms with Crippen molar-refractivity contribution in [1.29, 1.82) is 0 Å². The molecule has 2 aliphatic heterocycles. The maximum Gasteiger partial charge on any atom is 0.329 e. The number of H-pyrrole nitrogens is 1. The summed E-state index contributed by atoms with van der Waals surface area (Å²) < 4.78 is 1.28. The molecule has 33 heavy (non-hydrogen) atoms. The van der Waals surface area contributed by atoms with Crippen LogP contribution in [0.5, 0.6) is 0 Å². The largest absolute Gasteiger partial charge is 0.339 e. The second kappa shape index (κ2) is 9.78. The molecule has 0 atom stereocenters. The molecule has 0 radical (unpaired) electrons. The normalized spacial score (nSPS) is 18.2. The van der Waals surface area contributed by atoms with E-state index < -0.39 is 5.69 Å². The predicted molar refractivity (Wildman–Crippen MR) is 125 cm³/mol. The molecule has 2 N–H and O–H groups in total. The van der Waals surface area contributed by atoms with E-state index in [-0.39, 0.29) is 30.1 Å². The minimum absolute atomic E-state index is 0.0236. The molecular weight excluding hydrogens is 424 g/mol. The van der Waals surface area contributed by atoms with Crippen LogP contribution in [0.2, 0.25) is 0 Å². The Bertz CT molecular complexity index is 1120. The first-order chi connectivity index (χ1) is 15.8. The molecular formula is C23H32N6O4. The van der Waals surface area contributed by atoms with Crippen molar-refractivity contribution in [3.05, 3.63) is 45.1 Å². The lowest BCUT2D eigenvalue weighted by molar-refractivity contribution is -0.132. The smallest absolute Gasteiger partial charge is 0.329 e. The van der Waals surface area contributed by atoms with E-state index in [9.17, 15) is 19.2 Å². The number of fused-ring (bicyclic) bond motifs is 1. The monoisotopic (exact) mass is 456 g/mol. The second-order valence-electron chi connectivity index (χ2n) is 9.04. The highest BCUT2D eigenvalue weighted by Crippen LogP contribution is 2.20. The number of urea groups is 1. The fourth-order valence-electron chi connectivity index (χ4n) is 4.70. The lowest BCUT2D eigenvalue weighted by Crippen LogP contribution is -2.54. The highest BCUT2D eigenvalue weighted by molar-refractivity contribution is 5.84. The molecule has 1 aromatic carbocycles. The van der Waals surface area contributed by atoms with Gasteiger partial charge in [-0.05, 0) is 38.8 Å². The summed E-state index contributed by atoms with van der Waals surface area (Å²) in [6.07, 6.45) is 1.000. The van der Waals surface area contributed by atoms with Crippen LogP contribution in [0.1, 0.15) is 32.7 Å². The third-order valence-electron chi connectivity index (χ3n) is 6.74. The van der Waals surface area contributed by atoms with E-state index in [1.165, 1.54) is 4.57 Å². The minimum Gasteiger partial charge on any atom is -0.339 e. The fourth-order valence-corrected chi connectivity index (χ4v) is 4.70. The highest BCUT2D eigenvalue weighted by Gasteiger charge is 2.27. The van der Waals surface area contributed by atoms with Gasteiger partial charge in [-0.3, -0.25) is 19.1 Å². The number of carbonyl (C=O) groups excluding carboxylic acids is 2. The van der Waals surface area contributed by atoms with Gasteiger partial charge in [0.15, 0.2) is 0 Å². The van der Waals surface area contributed by atoms with Gasteiger partial charge in [-0.1, -0.05) is 12.1 Å². The number of likely N-dealkylation sites (tertiary alicyclic amines) is 1. The number of aromatic amines is 1. The number of rotatable bonds is 4. The summed E-state index contributed by atoms with van der Waals surface area (Å²) in [5.74, 6) is -0.0732. The van der Waals surface area contributed by atoms with Crippen molar-refractivity contribution in [2.45, 2.75) is 38.8 Å². The Morgan fingerprint density at radius 1 is 1.00 bits per heavy atom. The van der Waals surface area contributed by atoms with Crippen molar-refractivity contribution in [1.82, 2.24) is 29.6 Å². The molecule has 178 valence electrons. The van der Waals surface area contributed by atoms with Crippen LogP contribution in [0.25, 0.3) is 10.9 Å². The molecule has 2 aliphatic rings. The minimum atomic E-state index is -0.426. The second-order valence-corrected chi connectivity index (χ2v) is 9.04. The Labute approximate surface area is 192 Å². The lowest BCUT2D eigenvalue weighted by Gasteiger charge is -2.37. The molecule has 10 nitrogen and oxygen atoms in total. The molecule has 0 saturated carbocycles. The average molecular weight is 457 g/mol. The van der Waals surface area contributed by atoms with E-state index in [4.69, 9.17) is 0 Å². The van der Waals surface area contributed by atoms with Gasteiger partial charge in [-0.2, -0.15) is 0 Å². The van der Waals surface area contributed by atoms with Crippen molar-refractivity contribution in [2.24, 2.45) is 0 Å². The summed E-state index contributed by atoms with van der Waals surface area (Å²) in [6, 6.07) is 6.86. The number of piperazine rings is 1. The standard InChI is InChI=1S/C23H32N6O4/c1-16(2)26-11-13-27(14-12-26)20(30)15-24-22(32)28-9-7-17(8-10-28)29-21(31)18-5-3-4-6-19(18)25-23(29)33/h3-6,16-17H,7-15H2,1-2H3,(H,24,32)(H,25,33). The maximum atomic E-state index is 12.9. The first-order valence-corrected chi connectivity index (χ1v) is 11.6. The van der Waals surface area contributed by atoms with Gasteiger partial charge in [0.1, 0.15) is 0 Å². The van der Waals surface area contributed by atoms with Gasteiger partial charge in [0.25, 0.3) is 5.56 Å². The lowest BCUT2D eigenvalue weighted by atomic mass is 10.0. The molecule has 0 aliphatic carbocycles. The van der Waals surface area contributed by atoms with Crippen LogP contribution in [0.4, 0.5) is 4.79 Å². The van der Waals surface area contributed by atoms with Crippen molar-refractivity contribution in [3.63, 3.8) is 0 Å². The summed E-state index contributed by atoms with van der Waals surface area (Å²) in [5.41, 5.74) is -0.207. The van der Waals surface area contributed by atoms with E-state index in [0.717, 1.165) is 13.1 Å². The van der Waals surface area contributed by atoms with Crippen LogP contribution < -0.4 is 16.6 Å². The first-order valence-electron chi connectivity index (χ1n) is 11.6. The number of aromatic nitrogens is 2. The maximum absolute atomic E-state index is 12.9. The molecule has 0 unspecified atom stereocenters. The summed E-state index contributed by atoms with van der Waals surface area (Å²) in [5, 5.41) is 3.21. The zero-order valence-electron chi connectivity index (χ0n) is 19.2. The molecule has 0 bridgehead atoms. The number of nitrogens with zero attached hydrogens (tertiary/aromatic N) is 4. The zero-order valence-corrected chi connectivity index (χ0v) is 19.2. The van der Waals surface area contributed by atoms with Gasteiger partial charge in [0.05, 0.1) is 17.4 Å². The summed E-state index contributed by atoms with van der Waals surface area (Å²) in [7, 11) is 0. The van der Waals surface area contributed by atoms with Crippen molar-refractivity contribution >= 4 is 22.8 Å². The van der Waals surface area contributed by atoms with Crippen LogP contribution >= 0.6 is 0 Å². The van der Waals surface area contributed by atoms with Gasteiger partial charge >= 0.3 is 11.7 Å². The number of amides is 3. The number of piperidine rings is 1. The molecule has 2 aromatic rings. The molecule has 1 aromatic heterocycles. The van der Waals surface area contributed by atoms with Crippen LogP contribution in [0.3, 0.4) is 0 Å². The number of carbonyl (C=O) groups is 2. The van der Waals surface area contributed by atoms with Gasteiger partial charge in [-0.15, -0.1) is 0 Å². The first kappa shape index (κ1) is 23.0. The van der Waals surface area contributed by atoms with E-state index in [2.05, 4.69) is 29.0 Å². The Kier molecular flexibility index (Phi) is 6.83. The van der Waals surface area contributed by atoms with E-state index in [1.54, 1.807) is 34.1 Å². The Hall–Kier alpha value is -3.14. The molecule has 10 heteroatoms. The van der Waals surface area contributed by atoms with Crippen LogP contribution in [0, 0.1) is 0 Å². The third kappa shape index (κ3) is 4.95. The van der Waals surface area contributed by atoms with Gasteiger partial charge in [0.2, 0.25) is 5.91 Å². The SMILES string of the molecule is CC(C)N1CCN(C(=O)CNC(=O)N2CCC(n3c(=O)[nH]c4ccccc4c3=O)CC2)CC1. The highest BCUT2D eigenvalue weighted by atomic mass is 16.2. The predicted octanol–water partition coefficient (Wildman–Crippen LogP) is 0.589. The molecule has 2 fully saturated rings. The Balaban J connectivity index is 1.29. The average Bonchev–Trinajstić information content (AvgIpc) is 2.83. The van der Waals surface area contributed by atoms with Crippen molar-refractivity contribution < 1.29 is 9.59 Å². The number of hydrogen-bond donors (Lipinski definition) is 2. The summed E-state index contributed by atoms with van der Waals surface area (Å²) >= 11 is 0. The molecule has 0 spiro atoms. The van der Waals surface area contributed by atoms with Gasteiger partial charge in [0, 0.05) is 51.4 Å². The van der Waals surface area contributed by atoms with Crippen LogP contribution in [-0.4, -0.2) is 88.0 Å².